The summed E-state index contributed by atoms with van der Waals surface area (Å²) in [5.74, 6) is -0.158. The Morgan fingerprint density at radius 2 is 1.76 bits per heavy atom. The van der Waals surface area contributed by atoms with E-state index in [1.54, 1.807) is 24.3 Å². The molecule has 0 saturated heterocycles. The van der Waals surface area contributed by atoms with E-state index < -0.39 is 0 Å². The van der Waals surface area contributed by atoms with Crippen molar-refractivity contribution in [1.29, 1.82) is 0 Å². The van der Waals surface area contributed by atoms with Gasteiger partial charge in [-0.1, -0.05) is 25.1 Å². The number of aryl methyl sites for hydroxylation is 1. The van der Waals surface area contributed by atoms with Crippen molar-refractivity contribution in [3.63, 3.8) is 0 Å². The van der Waals surface area contributed by atoms with Crippen LogP contribution in [-0.4, -0.2) is 16.1 Å². The lowest BCUT2D eigenvalue weighted by Crippen LogP contribution is -2.15. The van der Waals surface area contributed by atoms with Gasteiger partial charge in [0.25, 0.3) is 5.91 Å². The van der Waals surface area contributed by atoms with Crippen LogP contribution < -0.4 is 10.6 Å². The molecule has 0 bridgehead atoms. The Morgan fingerprint density at radius 1 is 1.00 bits per heavy atom. The number of aromatic nitrogens is 2. The Labute approximate surface area is 144 Å². The number of carbonyl (C=O) groups is 1. The van der Waals surface area contributed by atoms with Crippen LogP contribution in [0.2, 0.25) is 0 Å². The van der Waals surface area contributed by atoms with E-state index in [1.165, 1.54) is 12.1 Å². The molecule has 6 heteroatoms. The summed E-state index contributed by atoms with van der Waals surface area (Å²) >= 11 is 0. The van der Waals surface area contributed by atoms with Crippen LogP contribution in [0.1, 0.15) is 23.0 Å². The van der Waals surface area contributed by atoms with Gasteiger partial charge in [0.15, 0.2) is 11.5 Å². The van der Waals surface area contributed by atoms with E-state index in [0.717, 1.165) is 17.7 Å². The summed E-state index contributed by atoms with van der Waals surface area (Å²) in [5, 5.41) is 13.8. The molecule has 0 aliphatic heterocycles. The van der Waals surface area contributed by atoms with Gasteiger partial charge in [-0.05, 0) is 54.4 Å². The number of carbonyl (C=O) groups excluding carboxylic acids is 1. The van der Waals surface area contributed by atoms with Crippen LogP contribution in [0.15, 0.2) is 60.7 Å². The number of hydrogen-bond donors (Lipinski definition) is 2. The standard InChI is InChI=1S/C19H17FN4O/c1-2-13-5-3-4-6-16(13)22-19(25)17-11-12-18(24-23-17)21-15-9-7-14(20)8-10-15/h3-12H,2H2,1H3,(H,21,24)(H,22,25). The maximum Gasteiger partial charge on any atom is 0.276 e. The number of para-hydroxylation sites is 1. The Bertz CT molecular complexity index is 863. The number of benzene rings is 2. The largest absolute Gasteiger partial charge is 0.339 e. The van der Waals surface area contributed by atoms with E-state index in [2.05, 4.69) is 20.8 Å². The van der Waals surface area contributed by atoms with Crippen LogP contribution in [0.5, 0.6) is 0 Å². The van der Waals surface area contributed by atoms with E-state index >= 15 is 0 Å². The Morgan fingerprint density at radius 3 is 2.44 bits per heavy atom. The van der Waals surface area contributed by atoms with Crippen molar-refractivity contribution in [3.05, 3.63) is 77.7 Å². The Balaban J connectivity index is 1.69. The van der Waals surface area contributed by atoms with E-state index in [0.29, 0.717) is 11.5 Å². The number of anilines is 3. The number of nitrogens with one attached hydrogen (secondary N) is 2. The molecule has 2 aromatic carbocycles. The fourth-order valence-electron chi connectivity index (χ4n) is 2.34. The van der Waals surface area contributed by atoms with E-state index in [4.69, 9.17) is 0 Å². The Hall–Kier alpha value is -3.28. The third kappa shape index (κ3) is 4.17. The van der Waals surface area contributed by atoms with Crippen molar-refractivity contribution in [1.82, 2.24) is 10.2 Å². The van der Waals surface area contributed by atoms with Gasteiger partial charge in [0, 0.05) is 11.4 Å². The number of nitrogens with zero attached hydrogens (tertiary/aromatic N) is 2. The first-order valence-corrected chi connectivity index (χ1v) is 7.91. The summed E-state index contributed by atoms with van der Waals surface area (Å²) in [7, 11) is 0. The van der Waals surface area contributed by atoms with E-state index in [1.807, 2.05) is 31.2 Å². The second-order valence-electron chi connectivity index (χ2n) is 5.40. The van der Waals surface area contributed by atoms with Crippen LogP contribution in [-0.2, 0) is 6.42 Å². The van der Waals surface area contributed by atoms with Gasteiger partial charge < -0.3 is 10.6 Å². The van der Waals surface area contributed by atoms with E-state index in [-0.39, 0.29) is 17.4 Å². The van der Waals surface area contributed by atoms with Crippen molar-refractivity contribution in [2.24, 2.45) is 0 Å². The fourth-order valence-corrected chi connectivity index (χ4v) is 2.34. The molecular weight excluding hydrogens is 319 g/mol. The highest BCUT2D eigenvalue weighted by Gasteiger charge is 2.10. The second kappa shape index (κ2) is 7.53. The minimum absolute atomic E-state index is 0.218. The first-order valence-electron chi connectivity index (χ1n) is 7.91. The monoisotopic (exact) mass is 336 g/mol. The van der Waals surface area contributed by atoms with E-state index in [9.17, 15) is 9.18 Å². The molecule has 25 heavy (non-hydrogen) atoms. The summed E-state index contributed by atoms with van der Waals surface area (Å²) in [6.07, 6.45) is 0.822. The van der Waals surface area contributed by atoms with Gasteiger partial charge in [-0.3, -0.25) is 4.79 Å². The topological polar surface area (TPSA) is 66.9 Å². The van der Waals surface area contributed by atoms with Gasteiger partial charge in [-0.15, -0.1) is 10.2 Å². The van der Waals surface area contributed by atoms with Gasteiger partial charge >= 0.3 is 0 Å². The lowest BCUT2D eigenvalue weighted by Gasteiger charge is -2.09. The molecule has 0 unspecified atom stereocenters. The zero-order chi connectivity index (χ0) is 17.6. The van der Waals surface area contributed by atoms with Crippen molar-refractivity contribution in [2.75, 3.05) is 10.6 Å². The molecule has 0 atom stereocenters. The second-order valence-corrected chi connectivity index (χ2v) is 5.40. The maximum atomic E-state index is 12.9. The van der Waals surface area contributed by atoms with Crippen molar-refractivity contribution in [3.8, 4) is 0 Å². The van der Waals surface area contributed by atoms with Gasteiger partial charge in [0.05, 0.1) is 0 Å². The maximum absolute atomic E-state index is 12.9. The van der Waals surface area contributed by atoms with Crippen LogP contribution in [0.3, 0.4) is 0 Å². The first-order chi connectivity index (χ1) is 12.2. The summed E-state index contributed by atoms with van der Waals surface area (Å²) in [6.45, 7) is 2.03. The zero-order valence-electron chi connectivity index (χ0n) is 13.7. The molecule has 0 aliphatic rings. The summed E-state index contributed by atoms with van der Waals surface area (Å²) < 4.78 is 12.9. The predicted molar refractivity (Wildman–Crippen MR) is 95.5 cm³/mol. The molecule has 0 spiro atoms. The van der Waals surface area contributed by atoms with Gasteiger partial charge in [-0.25, -0.2) is 4.39 Å². The molecule has 5 nitrogen and oxygen atoms in total. The van der Waals surface area contributed by atoms with Crippen LogP contribution >= 0.6 is 0 Å². The lowest BCUT2D eigenvalue weighted by molar-refractivity contribution is 0.102. The minimum Gasteiger partial charge on any atom is -0.339 e. The summed E-state index contributed by atoms with van der Waals surface area (Å²) in [4.78, 5) is 12.3. The molecule has 3 rings (SSSR count). The number of rotatable bonds is 5. The van der Waals surface area contributed by atoms with Gasteiger partial charge in [-0.2, -0.15) is 0 Å². The molecule has 0 radical (unpaired) electrons. The number of halogens is 1. The highest BCUT2D eigenvalue weighted by molar-refractivity contribution is 6.03. The SMILES string of the molecule is CCc1ccccc1NC(=O)c1ccc(Nc2ccc(F)cc2)nn1. The summed E-state index contributed by atoms with van der Waals surface area (Å²) in [6, 6.07) is 16.8. The quantitative estimate of drug-likeness (QED) is 0.734. The van der Waals surface area contributed by atoms with Crippen molar-refractivity contribution < 1.29 is 9.18 Å². The average molecular weight is 336 g/mol. The molecule has 0 aliphatic carbocycles. The molecule has 2 N–H and O–H groups in total. The summed E-state index contributed by atoms with van der Waals surface area (Å²) in [5.41, 5.74) is 2.73. The normalized spacial score (nSPS) is 10.3. The minimum atomic E-state index is -0.318. The molecular formula is C19H17FN4O. The van der Waals surface area contributed by atoms with Gasteiger partial charge in [0.1, 0.15) is 5.82 Å². The third-order valence-electron chi connectivity index (χ3n) is 3.66. The first kappa shape index (κ1) is 16.6. The highest BCUT2D eigenvalue weighted by atomic mass is 19.1. The third-order valence-corrected chi connectivity index (χ3v) is 3.66. The van der Waals surface area contributed by atoms with Crippen LogP contribution in [0.25, 0.3) is 0 Å². The van der Waals surface area contributed by atoms with Crippen LogP contribution in [0, 0.1) is 5.82 Å². The Kier molecular flexibility index (Phi) is 4.99. The zero-order valence-corrected chi connectivity index (χ0v) is 13.7. The fraction of sp³-hybridized carbons (Fsp3) is 0.105. The number of amides is 1. The molecule has 1 heterocycles. The molecule has 0 fully saturated rings. The smallest absolute Gasteiger partial charge is 0.276 e. The molecule has 1 aromatic heterocycles. The van der Waals surface area contributed by atoms with Gasteiger partial charge in [0.2, 0.25) is 0 Å². The lowest BCUT2D eigenvalue weighted by atomic mass is 10.1. The number of hydrogen-bond acceptors (Lipinski definition) is 4. The molecule has 1 amide bonds. The van der Waals surface area contributed by atoms with Crippen molar-refractivity contribution in [2.45, 2.75) is 13.3 Å². The molecule has 126 valence electrons. The molecule has 3 aromatic rings. The predicted octanol–water partition coefficient (Wildman–Crippen LogP) is 4.17. The van der Waals surface area contributed by atoms with Crippen molar-refractivity contribution >= 4 is 23.1 Å². The molecule has 0 saturated carbocycles. The average Bonchev–Trinajstić information content (AvgIpc) is 2.64. The highest BCUT2D eigenvalue weighted by Crippen LogP contribution is 2.17. The van der Waals surface area contributed by atoms with Crippen LogP contribution in [0.4, 0.5) is 21.6 Å².